The summed E-state index contributed by atoms with van der Waals surface area (Å²) in [5.41, 5.74) is 2.98. The minimum Gasteiger partial charge on any atom is -0.340 e. The van der Waals surface area contributed by atoms with Gasteiger partial charge < -0.3 is 4.90 Å². The van der Waals surface area contributed by atoms with Crippen molar-refractivity contribution >= 4 is 17.1 Å². The lowest BCUT2D eigenvalue weighted by atomic mass is 10.1. The van der Waals surface area contributed by atoms with Gasteiger partial charge in [-0.05, 0) is 31.5 Å². The Hall–Kier alpha value is -2.87. The third-order valence-corrected chi connectivity index (χ3v) is 3.32. The molecule has 21 heavy (non-hydrogen) atoms. The molecule has 0 saturated carbocycles. The minimum absolute atomic E-state index is 0.0730. The van der Waals surface area contributed by atoms with Gasteiger partial charge in [0, 0.05) is 24.4 Å². The van der Waals surface area contributed by atoms with Gasteiger partial charge in [-0.15, -0.1) is 0 Å². The average molecular weight is 281 g/mol. The normalized spacial score (nSPS) is 9.95. The quantitative estimate of drug-likeness (QED) is 0.628. The third-order valence-electron chi connectivity index (χ3n) is 3.32. The summed E-state index contributed by atoms with van der Waals surface area (Å²) >= 11 is 0. The molecule has 0 N–H and O–H groups in total. The van der Waals surface area contributed by atoms with Gasteiger partial charge in [0.15, 0.2) is 0 Å². The SMILES string of the molecule is CCN(c1ccccc1C)c1ccc([N+](=O)[O-])cc1C#N. The van der Waals surface area contributed by atoms with Crippen molar-refractivity contribution in [3.05, 3.63) is 63.7 Å². The largest absolute Gasteiger partial charge is 0.340 e. The summed E-state index contributed by atoms with van der Waals surface area (Å²) in [6.07, 6.45) is 0. The van der Waals surface area contributed by atoms with Crippen molar-refractivity contribution in [1.82, 2.24) is 0 Å². The molecule has 0 aromatic heterocycles. The molecule has 5 nitrogen and oxygen atoms in total. The molecular formula is C16H15N3O2. The van der Waals surface area contributed by atoms with Crippen LogP contribution in [0.3, 0.4) is 0 Å². The van der Waals surface area contributed by atoms with E-state index in [0.29, 0.717) is 17.8 Å². The van der Waals surface area contributed by atoms with Crippen molar-refractivity contribution < 1.29 is 4.92 Å². The maximum Gasteiger partial charge on any atom is 0.270 e. The van der Waals surface area contributed by atoms with Crippen LogP contribution in [0.4, 0.5) is 17.1 Å². The highest BCUT2D eigenvalue weighted by Gasteiger charge is 2.17. The van der Waals surface area contributed by atoms with E-state index in [4.69, 9.17) is 0 Å². The molecule has 2 aromatic carbocycles. The van der Waals surface area contributed by atoms with Gasteiger partial charge in [-0.3, -0.25) is 10.1 Å². The number of nitro groups is 1. The predicted octanol–water partition coefficient (Wildman–Crippen LogP) is 3.93. The molecule has 0 unspecified atom stereocenters. The standard InChI is InChI=1S/C16H15N3O2/c1-3-18(15-7-5-4-6-12(15)2)16-9-8-14(19(20)21)10-13(16)11-17/h4-10H,3H2,1-2H3. The molecule has 2 aromatic rings. The second-order valence-electron chi connectivity index (χ2n) is 4.60. The number of hydrogen-bond donors (Lipinski definition) is 0. The first-order chi connectivity index (χ1) is 10.1. The first kappa shape index (κ1) is 14.5. The molecule has 0 radical (unpaired) electrons. The van der Waals surface area contributed by atoms with Crippen molar-refractivity contribution in [3.63, 3.8) is 0 Å². The van der Waals surface area contributed by atoms with Crippen LogP contribution in [0.15, 0.2) is 42.5 Å². The topological polar surface area (TPSA) is 70.2 Å². The summed E-state index contributed by atoms with van der Waals surface area (Å²) in [5.74, 6) is 0. The Morgan fingerprint density at radius 3 is 2.52 bits per heavy atom. The van der Waals surface area contributed by atoms with Crippen LogP contribution in [0.2, 0.25) is 0 Å². The molecule has 0 aliphatic carbocycles. The Kier molecular flexibility index (Phi) is 4.19. The van der Waals surface area contributed by atoms with Crippen LogP contribution in [-0.4, -0.2) is 11.5 Å². The summed E-state index contributed by atoms with van der Waals surface area (Å²) in [6.45, 7) is 4.64. The Bertz CT molecular complexity index is 720. The summed E-state index contributed by atoms with van der Waals surface area (Å²) in [6, 6.07) is 14.3. The molecule has 0 spiro atoms. The zero-order valence-electron chi connectivity index (χ0n) is 11.9. The maximum absolute atomic E-state index is 10.8. The molecule has 0 aliphatic heterocycles. The number of rotatable bonds is 4. The van der Waals surface area contributed by atoms with Crippen molar-refractivity contribution in [1.29, 1.82) is 5.26 Å². The van der Waals surface area contributed by atoms with Crippen LogP contribution in [0.25, 0.3) is 0 Å². The van der Waals surface area contributed by atoms with Gasteiger partial charge in [0.1, 0.15) is 6.07 Å². The van der Waals surface area contributed by atoms with E-state index >= 15 is 0 Å². The fourth-order valence-electron chi connectivity index (χ4n) is 2.30. The lowest BCUT2D eigenvalue weighted by Crippen LogP contribution is -2.18. The van der Waals surface area contributed by atoms with Crippen LogP contribution < -0.4 is 4.90 Å². The van der Waals surface area contributed by atoms with E-state index in [0.717, 1.165) is 11.3 Å². The number of hydrogen-bond acceptors (Lipinski definition) is 4. The summed E-state index contributed by atoms with van der Waals surface area (Å²) < 4.78 is 0. The Morgan fingerprint density at radius 1 is 1.24 bits per heavy atom. The Labute approximate surface area is 123 Å². The molecule has 0 aliphatic rings. The highest BCUT2D eigenvalue weighted by molar-refractivity contribution is 5.72. The number of para-hydroxylation sites is 1. The molecule has 0 saturated heterocycles. The number of benzene rings is 2. The number of nitro benzene ring substituents is 1. The van der Waals surface area contributed by atoms with Gasteiger partial charge in [0.2, 0.25) is 0 Å². The number of nitrogens with zero attached hydrogens (tertiary/aromatic N) is 3. The van der Waals surface area contributed by atoms with E-state index < -0.39 is 4.92 Å². The van der Waals surface area contributed by atoms with Crippen LogP contribution in [-0.2, 0) is 0 Å². The summed E-state index contributed by atoms with van der Waals surface area (Å²) in [4.78, 5) is 12.3. The van der Waals surface area contributed by atoms with Gasteiger partial charge in [-0.25, -0.2) is 0 Å². The minimum atomic E-state index is -0.491. The molecule has 0 fully saturated rings. The van der Waals surface area contributed by atoms with E-state index in [-0.39, 0.29) is 5.69 Å². The molecule has 2 rings (SSSR count). The van der Waals surface area contributed by atoms with Crippen LogP contribution >= 0.6 is 0 Å². The fraction of sp³-hybridized carbons (Fsp3) is 0.188. The van der Waals surface area contributed by atoms with Gasteiger partial charge in [0.25, 0.3) is 5.69 Å². The zero-order chi connectivity index (χ0) is 15.4. The first-order valence-electron chi connectivity index (χ1n) is 6.60. The average Bonchev–Trinajstić information content (AvgIpc) is 2.49. The van der Waals surface area contributed by atoms with Crippen LogP contribution in [0, 0.1) is 28.4 Å². The molecule has 0 bridgehead atoms. The van der Waals surface area contributed by atoms with E-state index in [1.54, 1.807) is 6.07 Å². The molecule has 0 heterocycles. The monoisotopic (exact) mass is 281 g/mol. The number of aryl methyl sites for hydroxylation is 1. The lowest BCUT2D eigenvalue weighted by Gasteiger charge is -2.25. The highest BCUT2D eigenvalue weighted by atomic mass is 16.6. The van der Waals surface area contributed by atoms with Gasteiger partial charge in [-0.2, -0.15) is 5.26 Å². The first-order valence-corrected chi connectivity index (χ1v) is 6.60. The van der Waals surface area contributed by atoms with Crippen molar-refractivity contribution in [2.24, 2.45) is 0 Å². The summed E-state index contributed by atoms with van der Waals surface area (Å²) in [7, 11) is 0. The van der Waals surface area contributed by atoms with Gasteiger partial charge in [0.05, 0.1) is 16.2 Å². The van der Waals surface area contributed by atoms with E-state index in [1.807, 2.05) is 49.1 Å². The number of anilines is 2. The molecule has 106 valence electrons. The van der Waals surface area contributed by atoms with Crippen LogP contribution in [0.1, 0.15) is 18.1 Å². The summed E-state index contributed by atoms with van der Waals surface area (Å²) in [5, 5.41) is 20.1. The number of non-ortho nitro benzene ring substituents is 1. The third kappa shape index (κ3) is 2.84. The zero-order valence-corrected chi connectivity index (χ0v) is 11.9. The van der Waals surface area contributed by atoms with Crippen molar-refractivity contribution in [3.8, 4) is 6.07 Å². The van der Waals surface area contributed by atoms with Gasteiger partial charge >= 0.3 is 0 Å². The number of nitriles is 1. The maximum atomic E-state index is 10.8. The second kappa shape index (κ2) is 6.06. The van der Waals surface area contributed by atoms with Gasteiger partial charge in [-0.1, -0.05) is 18.2 Å². The second-order valence-corrected chi connectivity index (χ2v) is 4.60. The molecule has 5 heteroatoms. The Morgan fingerprint density at radius 2 is 1.95 bits per heavy atom. The lowest BCUT2D eigenvalue weighted by molar-refractivity contribution is -0.384. The predicted molar refractivity (Wildman–Crippen MR) is 81.7 cm³/mol. The van der Waals surface area contributed by atoms with Crippen molar-refractivity contribution in [2.75, 3.05) is 11.4 Å². The van der Waals surface area contributed by atoms with Crippen molar-refractivity contribution in [2.45, 2.75) is 13.8 Å². The van der Waals surface area contributed by atoms with E-state index in [1.165, 1.54) is 12.1 Å². The smallest absolute Gasteiger partial charge is 0.270 e. The van der Waals surface area contributed by atoms with E-state index in [9.17, 15) is 15.4 Å². The molecule has 0 atom stereocenters. The molecular weight excluding hydrogens is 266 g/mol. The van der Waals surface area contributed by atoms with Crippen LogP contribution in [0.5, 0.6) is 0 Å². The Balaban J connectivity index is 2.56. The van der Waals surface area contributed by atoms with E-state index in [2.05, 4.69) is 0 Å². The fourth-order valence-corrected chi connectivity index (χ4v) is 2.30. The highest BCUT2D eigenvalue weighted by Crippen LogP contribution is 2.32. The molecule has 0 amide bonds.